The molecule has 1 rings (SSSR count). The monoisotopic (exact) mass is 239 g/mol. The fourth-order valence-electron chi connectivity index (χ4n) is 2.08. The van der Waals surface area contributed by atoms with Crippen molar-refractivity contribution in [3.05, 3.63) is 34.6 Å². The van der Waals surface area contributed by atoms with Gasteiger partial charge in [-0.15, -0.1) is 0 Å². The number of carbonyl (C=O) groups is 1. The Labute approximate surface area is 100 Å². The predicted molar refractivity (Wildman–Crippen MR) is 64.5 cm³/mol. The number of aliphatic carboxylic acids is 1. The Bertz CT molecular complexity index is 432. The number of carboxylic acid groups (broad SMARTS) is 1. The Hall–Kier alpha value is -1.42. The van der Waals surface area contributed by atoms with E-state index in [2.05, 4.69) is 0 Å². The van der Waals surface area contributed by atoms with Crippen LogP contribution in [0.2, 0.25) is 0 Å². The number of hydrogen-bond donors (Lipinski definition) is 2. The molecule has 0 aliphatic carbocycles. The second-order valence-corrected chi connectivity index (χ2v) is 4.25. The van der Waals surface area contributed by atoms with Gasteiger partial charge in [0.2, 0.25) is 0 Å². The summed E-state index contributed by atoms with van der Waals surface area (Å²) in [5.41, 5.74) is 7.79. The van der Waals surface area contributed by atoms with Crippen molar-refractivity contribution in [3.8, 4) is 0 Å². The molecule has 4 heteroatoms. The third kappa shape index (κ3) is 2.64. The summed E-state index contributed by atoms with van der Waals surface area (Å²) in [6.45, 7) is 5.43. The largest absolute Gasteiger partial charge is 0.480 e. The zero-order valence-electron chi connectivity index (χ0n) is 10.3. The standard InChI is InChI=1S/C13H18FNO2/c1-4-9-5-6-10(14)11(7(9)2)8(3)12(15)13(16)17/h5-6,8,12H,4,15H2,1-3H3,(H,16,17). The number of hydrogen-bond acceptors (Lipinski definition) is 2. The van der Waals surface area contributed by atoms with E-state index in [1.165, 1.54) is 6.07 Å². The molecule has 3 nitrogen and oxygen atoms in total. The van der Waals surface area contributed by atoms with Crippen LogP contribution >= 0.6 is 0 Å². The normalized spacial score (nSPS) is 14.4. The molecule has 0 aliphatic rings. The summed E-state index contributed by atoms with van der Waals surface area (Å²) in [6, 6.07) is 2.02. The summed E-state index contributed by atoms with van der Waals surface area (Å²) < 4.78 is 13.8. The summed E-state index contributed by atoms with van der Waals surface area (Å²) >= 11 is 0. The third-order valence-corrected chi connectivity index (χ3v) is 3.23. The maximum atomic E-state index is 13.8. The molecular weight excluding hydrogens is 221 g/mol. The first kappa shape index (κ1) is 13.6. The second-order valence-electron chi connectivity index (χ2n) is 4.25. The molecule has 2 atom stereocenters. The Morgan fingerprint density at radius 3 is 2.59 bits per heavy atom. The zero-order valence-corrected chi connectivity index (χ0v) is 10.3. The van der Waals surface area contributed by atoms with Crippen LogP contribution in [0.15, 0.2) is 12.1 Å². The number of aryl methyl sites for hydroxylation is 1. The van der Waals surface area contributed by atoms with Crippen LogP contribution in [0.1, 0.15) is 36.5 Å². The highest BCUT2D eigenvalue weighted by molar-refractivity contribution is 5.74. The van der Waals surface area contributed by atoms with Crippen molar-refractivity contribution < 1.29 is 14.3 Å². The van der Waals surface area contributed by atoms with Gasteiger partial charge >= 0.3 is 5.97 Å². The molecule has 0 amide bonds. The van der Waals surface area contributed by atoms with Crippen LogP contribution < -0.4 is 5.73 Å². The molecule has 0 fully saturated rings. The minimum absolute atomic E-state index is 0.385. The number of halogens is 1. The average molecular weight is 239 g/mol. The van der Waals surface area contributed by atoms with Gasteiger partial charge in [0.1, 0.15) is 11.9 Å². The van der Waals surface area contributed by atoms with Crippen molar-refractivity contribution in [2.24, 2.45) is 5.73 Å². The van der Waals surface area contributed by atoms with Gasteiger partial charge in [-0.3, -0.25) is 4.79 Å². The molecule has 0 bridgehead atoms. The Balaban J connectivity index is 3.25. The van der Waals surface area contributed by atoms with E-state index in [9.17, 15) is 9.18 Å². The maximum Gasteiger partial charge on any atom is 0.321 e. The average Bonchev–Trinajstić information content (AvgIpc) is 2.28. The minimum atomic E-state index is -1.11. The lowest BCUT2D eigenvalue weighted by Crippen LogP contribution is -2.36. The van der Waals surface area contributed by atoms with Crippen LogP contribution in [0.4, 0.5) is 4.39 Å². The van der Waals surface area contributed by atoms with Gasteiger partial charge in [0.05, 0.1) is 0 Å². The van der Waals surface area contributed by atoms with Crippen LogP contribution in [-0.4, -0.2) is 17.1 Å². The summed E-state index contributed by atoms with van der Waals surface area (Å²) in [5, 5.41) is 8.87. The van der Waals surface area contributed by atoms with Gasteiger partial charge < -0.3 is 10.8 Å². The van der Waals surface area contributed by atoms with Crippen molar-refractivity contribution in [1.82, 2.24) is 0 Å². The number of carboxylic acids is 1. The highest BCUT2D eigenvalue weighted by atomic mass is 19.1. The van der Waals surface area contributed by atoms with E-state index >= 15 is 0 Å². The summed E-state index contributed by atoms with van der Waals surface area (Å²) in [4.78, 5) is 10.8. The van der Waals surface area contributed by atoms with Crippen LogP contribution in [-0.2, 0) is 11.2 Å². The molecule has 94 valence electrons. The van der Waals surface area contributed by atoms with E-state index in [4.69, 9.17) is 10.8 Å². The maximum absolute atomic E-state index is 13.8. The van der Waals surface area contributed by atoms with Gasteiger partial charge in [-0.2, -0.15) is 0 Å². The Morgan fingerprint density at radius 1 is 1.53 bits per heavy atom. The fourth-order valence-corrected chi connectivity index (χ4v) is 2.08. The number of nitrogens with two attached hydrogens (primary N) is 1. The molecule has 0 aliphatic heterocycles. The number of rotatable bonds is 4. The van der Waals surface area contributed by atoms with Gasteiger partial charge in [-0.25, -0.2) is 4.39 Å². The van der Waals surface area contributed by atoms with Crippen LogP contribution in [0.5, 0.6) is 0 Å². The molecule has 0 radical (unpaired) electrons. The van der Waals surface area contributed by atoms with Gasteiger partial charge in [0.15, 0.2) is 0 Å². The van der Waals surface area contributed by atoms with E-state index in [-0.39, 0.29) is 5.82 Å². The van der Waals surface area contributed by atoms with E-state index in [1.54, 1.807) is 13.0 Å². The van der Waals surface area contributed by atoms with Crippen LogP contribution in [0.3, 0.4) is 0 Å². The van der Waals surface area contributed by atoms with Crippen LogP contribution in [0.25, 0.3) is 0 Å². The molecule has 0 saturated heterocycles. The molecule has 0 saturated carbocycles. The van der Waals surface area contributed by atoms with Crippen molar-refractivity contribution in [1.29, 1.82) is 0 Å². The van der Waals surface area contributed by atoms with Crippen LogP contribution in [0, 0.1) is 12.7 Å². The molecule has 2 unspecified atom stereocenters. The van der Waals surface area contributed by atoms with E-state index in [0.29, 0.717) is 5.56 Å². The highest BCUT2D eigenvalue weighted by Gasteiger charge is 2.26. The molecule has 1 aromatic carbocycles. The quantitative estimate of drug-likeness (QED) is 0.846. The second kappa shape index (κ2) is 5.27. The summed E-state index contributed by atoms with van der Waals surface area (Å²) in [6.07, 6.45) is 0.786. The van der Waals surface area contributed by atoms with E-state index in [0.717, 1.165) is 17.5 Å². The molecular formula is C13H18FNO2. The Kier molecular flexibility index (Phi) is 4.23. The van der Waals surface area contributed by atoms with Crippen molar-refractivity contribution in [3.63, 3.8) is 0 Å². The van der Waals surface area contributed by atoms with Crippen molar-refractivity contribution in [2.45, 2.75) is 39.2 Å². The lowest BCUT2D eigenvalue weighted by atomic mass is 9.87. The summed E-state index contributed by atoms with van der Waals surface area (Å²) in [7, 11) is 0. The molecule has 17 heavy (non-hydrogen) atoms. The molecule has 3 N–H and O–H groups in total. The first-order valence-corrected chi connectivity index (χ1v) is 5.66. The lowest BCUT2D eigenvalue weighted by Gasteiger charge is -2.21. The lowest BCUT2D eigenvalue weighted by molar-refractivity contribution is -0.139. The van der Waals surface area contributed by atoms with E-state index < -0.39 is 17.9 Å². The summed E-state index contributed by atoms with van der Waals surface area (Å²) in [5.74, 6) is -2.04. The predicted octanol–water partition coefficient (Wildman–Crippen LogP) is 2.21. The molecule has 0 spiro atoms. The molecule has 1 aromatic rings. The van der Waals surface area contributed by atoms with Crippen molar-refractivity contribution in [2.75, 3.05) is 0 Å². The van der Waals surface area contributed by atoms with Gasteiger partial charge in [0.25, 0.3) is 0 Å². The van der Waals surface area contributed by atoms with Gasteiger partial charge in [-0.1, -0.05) is 19.9 Å². The third-order valence-electron chi connectivity index (χ3n) is 3.23. The highest BCUT2D eigenvalue weighted by Crippen LogP contribution is 2.27. The topological polar surface area (TPSA) is 63.3 Å². The van der Waals surface area contributed by atoms with E-state index in [1.807, 2.05) is 13.8 Å². The van der Waals surface area contributed by atoms with Gasteiger partial charge in [-0.05, 0) is 36.1 Å². The Morgan fingerprint density at radius 2 is 2.12 bits per heavy atom. The fraction of sp³-hybridized carbons (Fsp3) is 0.462. The first-order chi connectivity index (χ1) is 7.90. The molecule has 0 aromatic heterocycles. The van der Waals surface area contributed by atoms with Gasteiger partial charge in [0, 0.05) is 5.92 Å². The SMILES string of the molecule is CCc1ccc(F)c(C(C)C(N)C(=O)O)c1C. The smallest absolute Gasteiger partial charge is 0.321 e. The van der Waals surface area contributed by atoms with Crippen molar-refractivity contribution >= 4 is 5.97 Å². The zero-order chi connectivity index (χ0) is 13.2. The minimum Gasteiger partial charge on any atom is -0.480 e. The molecule has 0 heterocycles. The number of benzene rings is 1. The first-order valence-electron chi connectivity index (χ1n) is 5.66.